The fourth-order valence-electron chi connectivity index (χ4n) is 3.29. The van der Waals surface area contributed by atoms with Crippen LogP contribution in [0, 0.1) is 0 Å². The van der Waals surface area contributed by atoms with E-state index in [4.69, 9.17) is 4.65 Å². The highest BCUT2D eigenvalue weighted by Gasteiger charge is 2.31. The van der Waals surface area contributed by atoms with E-state index in [0.717, 1.165) is 24.9 Å². The van der Waals surface area contributed by atoms with Crippen molar-refractivity contribution >= 4 is 18.5 Å². The number of likely N-dealkylation sites (N-methyl/N-ethyl adjacent to an activating group) is 1. The number of nitrogens with one attached hydrogen (secondary N) is 1. The molecule has 1 amide bonds. The Morgan fingerprint density at radius 1 is 1.57 bits per heavy atom. The molecule has 1 aromatic rings. The Morgan fingerprint density at radius 3 is 3.10 bits per heavy atom. The van der Waals surface area contributed by atoms with Gasteiger partial charge in [-0.3, -0.25) is 4.79 Å². The lowest BCUT2D eigenvalue weighted by Gasteiger charge is -2.15. The summed E-state index contributed by atoms with van der Waals surface area (Å²) in [5, 5.41) is 12.8. The summed E-state index contributed by atoms with van der Waals surface area (Å²) in [5.74, 6) is -0.0768. The molecule has 0 bridgehead atoms. The average Bonchev–Trinajstić information content (AvgIpc) is 3.02. The number of rotatable bonds is 3. The van der Waals surface area contributed by atoms with Crippen molar-refractivity contribution in [2.75, 3.05) is 13.6 Å². The zero-order valence-electron chi connectivity index (χ0n) is 12.5. The number of hydrogen-bond donors (Lipinski definition) is 2. The number of likely N-dealkylation sites (tertiary alicyclic amines) is 1. The van der Waals surface area contributed by atoms with Crippen molar-refractivity contribution in [3.63, 3.8) is 0 Å². The maximum Gasteiger partial charge on any atom is 0.491 e. The van der Waals surface area contributed by atoms with E-state index in [2.05, 4.69) is 24.2 Å². The largest absolute Gasteiger partial charge is 0.491 e. The van der Waals surface area contributed by atoms with Crippen LogP contribution in [0.4, 0.5) is 0 Å². The number of carbonyl (C=O) groups is 1. The molecule has 2 atom stereocenters. The van der Waals surface area contributed by atoms with Crippen LogP contribution in [0.2, 0.25) is 0 Å². The lowest BCUT2D eigenvalue weighted by molar-refractivity contribution is 0.0938. The van der Waals surface area contributed by atoms with Crippen LogP contribution in [0.15, 0.2) is 18.2 Å². The quantitative estimate of drug-likeness (QED) is 0.775. The monoisotopic (exact) mass is 288 g/mol. The van der Waals surface area contributed by atoms with Crippen LogP contribution >= 0.6 is 0 Å². The first-order chi connectivity index (χ1) is 10.1. The summed E-state index contributed by atoms with van der Waals surface area (Å²) in [6.07, 6.45) is 2.10. The molecule has 2 unspecified atom stereocenters. The van der Waals surface area contributed by atoms with Gasteiger partial charge in [0.1, 0.15) is 0 Å². The minimum Gasteiger partial charge on any atom is -0.423 e. The number of fused-ring (bicyclic) bond motifs is 1. The molecule has 2 heterocycles. The fourth-order valence-corrected chi connectivity index (χ4v) is 3.29. The summed E-state index contributed by atoms with van der Waals surface area (Å²) < 4.78 is 5.15. The fraction of sp³-hybridized carbons (Fsp3) is 0.533. The van der Waals surface area contributed by atoms with Gasteiger partial charge in [-0.05, 0) is 43.0 Å². The molecule has 2 aliphatic rings. The van der Waals surface area contributed by atoms with Gasteiger partial charge in [0.05, 0.1) is 6.61 Å². The maximum atomic E-state index is 12.4. The molecule has 0 radical (unpaired) electrons. The van der Waals surface area contributed by atoms with Crippen LogP contribution in [0.5, 0.6) is 0 Å². The minimum absolute atomic E-state index is 0.0768. The molecule has 0 aromatic heterocycles. The van der Waals surface area contributed by atoms with Crippen LogP contribution in [0.3, 0.4) is 0 Å². The number of hydrogen-bond acceptors (Lipinski definition) is 4. The van der Waals surface area contributed by atoms with E-state index in [1.54, 1.807) is 12.1 Å². The molecule has 112 valence electrons. The molecule has 21 heavy (non-hydrogen) atoms. The highest BCUT2D eigenvalue weighted by molar-refractivity contribution is 6.61. The lowest BCUT2D eigenvalue weighted by atomic mass is 9.79. The first kappa shape index (κ1) is 14.6. The summed E-state index contributed by atoms with van der Waals surface area (Å²) >= 11 is 0. The molecule has 1 saturated heterocycles. The van der Waals surface area contributed by atoms with Gasteiger partial charge in [-0.25, -0.2) is 0 Å². The predicted molar refractivity (Wildman–Crippen MR) is 81.4 cm³/mol. The first-order valence-corrected chi connectivity index (χ1v) is 7.52. The van der Waals surface area contributed by atoms with Crippen molar-refractivity contribution in [2.45, 2.75) is 38.5 Å². The van der Waals surface area contributed by atoms with Crippen molar-refractivity contribution in [3.05, 3.63) is 29.3 Å². The number of benzene rings is 1. The highest BCUT2D eigenvalue weighted by Crippen LogP contribution is 2.19. The number of nitrogens with zero attached hydrogens (tertiary/aromatic N) is 1. The van der Waals surface area contributed by atoms with Crippen LogP contribution < -0.4 is 10.8 Å². The zero-order valence-corrected chi connectivity index (χ0v) is 12.5. The molecule has 5 nitrogen and oxygen atoms in total. The molecule has 6 heteroatoms. The second kappa shape index (κ2) is 5.79. The molecular formula is C15H21BN2O3. The Morgan fingerprint density at radius 2 is 2.38 bits per heavy atom. The average molecular weight is 288 g/mol. The Balaban J connectivity index is 1.68. The third-order valence-electron chi connectivity index (χ3n) is 4.57. The summed E-state index contributed by atoms with van der Waals surface area (Å²) in [4.78, 5) is 14.7. The van der Waals surface area contributed by atoms with Crippen LogP contribution in [-0.4, -0.2) is 48.6 Å². The first-order valence-electron chi connectivity index (χ1n) is 7.52. The molecule has 0 spiro atoms. The lowest BCUT2D eigenvalue weighted by Crippen LogP contribution is -2.37. The predicted octanol–water partition coefficient (Wildman–Crippen LogP) is 0.117. The summed E-state index contributed by atoms with van der Waals surface area (Å²) in [5.41, 5.74) is 2.24. The van der Waals surface area contributed by atoms with Gasteiger partial charge in [0.25, 0.3) is 5.91 Å². The van der Waals surface area contributed by atoms with Crippen LogP contribution in [0.1, 0.15) is 35.7 Å². The van der Waals surface area contributed by atoms with Crippen molar-refractivity contribution < 1.29 is 14.5 Å². The van der Waals surface area contributed by atoms with Crippen molar-refractivity contribution in [1.29, 1.82) is 0 Å². The van der Waals surface area contributed by atoms with E-state index in [0.29, 0.717) is 23.7 Å². The summed E-state index contributed by atoms with van der Waals surface area (Å²) in [6, 6.07) is 6.13. The molecule has 0 aliphatic carbocycles. The smallest absolute Gasteiger partial charge is 0.423 e. The number of amides is 1. The normalized spacial score (nSPS) is 25.2. The van der Waals surface area contributed by atoms with E-state index in [1.165, 1.54) is 0 Å². The van der Waals surface area contributed by atoms with Gasteiger partial charge in [0.2, 0.25) is 0 Å². The zero-order chi connectivity index (χ0) is 15.0. The second-order valence-corrected chi connectivity index (χ2v) is 5.98. The molecule has 1 fully saturated rings. The standard InChI is InChI=1S/C15H21BN2O3/c1-3-13-7-12(8-18(13)2)17-15(19)10-4-5-11-9-21-16(20)14(11)6-10/h4-6,12-13,20H,3,7-9H2,1-2H3,(H,17,19). The SMILES string of the molecule is CCC1CC(NC(=O)c2ccc3c(c2)B(O)OC3)CN1C. The van der Waals surface area contributed by atoms with Crippen LogP contribution in [-0.2, 0) is 11.3 Å². The van der Waals surface area contributed by atoms with E-state index >= 15 is 0 Å². The van der Waals surface area contributed by atoms with E-state index < -0.39 is 7.12 Å². The maximum absolute atomic E-state index is 12.4. The molecule has 2 N–H and O–H groups in total. The van der Waals surface area contributed by atoms with Gasteiger partial charge in [0, 0.05) is 24.2 Å². The number of carbonyl (C=O) groups excluding carboxylic acids is 1. The van der Waals surface area contributed by atoms with Gasteiger partial charge < -0.3 is 19.9 Å². The van der Waals surface area contributed by atoms with E-state index in [-0.39, 0.29) is 11.9 Å². The topological polar surface area (TPSA) is 61.8 Å². The molecule has 2 aliphatic heterocycles. The van der Waals surface area contributed by atoms with Crippen molar-refractivity contribution in [1.82, 2.24) is 10.2 Å². The van der Waals surface area contributed by atoms with Gasteiger partial charge in [-0.15, -0.1) is 0 Å². The van der Waals surface area contributed by atoms with Gasteiger partial charge in [-0.1, -0.05) is 13.0 Å². The van der Waals surface area contributed by atoms with Gasteiger partial charge >= 0.3 is 7.12 Å². The molecule has 1 aromatic carbocycles. The Kier molecular flexibility index (Phi) is 4.02. The Labute approximate surface area is 125 Å². The second-order valence-electron chi connectivity index (χ2n) is 5.98. The molecule has 3 rings (SSSR count). The molecule has 0 saturated carbocycles. The minimum atomic E-state index is -0.908. The van der Waals surface area contributed by atoms with Crippen molar-refractivity contribution in [3.8, 4) is 0 Å². The van der Waals surface area contributed by atoms with Gasteiger partial charge in [-0.2, -0.15) is 0 Å². The van der Waals surface area contributed by atoms with E-state index in [9.17, 15) is 9.82 Å². The Bertz CT molecular complexity index is 552. The third kappa shape index (κ3) is 2.84. The summed E-state index contributed by atoms with van der Waals surface area (Å²) in [6.45, 7) is 3.47. The Hall–Kier alpha value is -1.37. The van der Waals surface area contributed by atoms with E-state index in [1.807, 2.05) is 6.07 Å². The summed E-state index contributed by atoms with van der Waals surface area (Å²) in [7, 11) is 1.19. The van der Waals surface area contributed by atoms with Crippen molar-refractivity contribution in [2.24, 2.45) is 0 Å². The van der Waals surface area contributed by atoms with Crippen LogP contribution in [0.25, 0.3) is 0 Å². The third-order valence-corrected chi connectivity index (χ3v) is 4.57. The van der Waals surface area contributed by atoms with Gasteiger partial charge in [0.15, 0.2) is 0 Å². The highest BCUT2D eigenvalue weighted by atomic mass is 16.5. The molecular weight excluding hydrogens is 267 g/mol.